The van der Waals surface area contributed by atoms with Crippen molar-refractivity contribution in [1.82, 2.24) is 5.32 Å². The van der Waals surface area contributed by atoms with Gasteiger partial charge in [0.2, 0.25) is 5.91 Å². The maximum absolute atomic E-state index is 11.6. The maximum atomic E-state index is 11.6. The molecule has 0 aromatic carbocycles. The van der Waals surface area contributed by atoms with Crippen LogP contribution in [0.5, 0.6) is 0 Å². The highest BCUT2D eigenvalue weighted by molar-refractivity contribution is 5.76. The Kier molecular flexibility index (Phi) is 7.39. The molecular formula is C13H28N2O2. The van der Waals surface area contributed by atoms with Crippen molar-refractivity contribution in [3.63, 3.8) is 0 Å². The summed E-state index contributed by atoms with van der Waals surface area (Å²) in [4.78, 5) is 11.6. The number of aliphatic hydroxyl groups excluding tert-OH is 1. The van der Waals surface area contributed by atoms with E-state index in [1.54, 1.807) is 0 Å². The monoisotopic (exact) mass is 244 g/mol. The molecule has 0 aromatic heterocycles. The molecule has 0 aliphatic heterocycles. The predicted molar refractivity (Wildman–Crippen MR) is 70.5 cm³/mol. The molecule has 0 fully saturated rings. The van der Waals surface area contributed by atoms with Crippen LogP contribution < -0.4 is 11.1 Å². The number of aliphatic hydroxyl groups is 1. The van der Waals surface area contributed by atoms with Gasteiger partial charge in [-0.15, -0.1) is 0 Å². The van der Waals surface area contributed by atoms with E-state index in [1.165, 1.54) is 0 Å². The van der Waals surface area contributed by atoms with Gasteiger partial charge >= 0.3 is 0 Å². The first-order valence-electron chi connectivity index (χ1n) is 6.41. The van der Waals surface area contributed by atoms with Crippen molar-refractivity contribution in [2.75, 3.05) is 13.2 Å². The Morgan fingerprint density at radius 2 is 2.00 bits per heavy atom. The predicted octanol–water partition coefficient (Wildman–Crippen LogP) is 1.27. The summed E-state index contributed by atoms with van der Waals surface area (Å²) >= 11 is 0. The van der Waals surface area contributed by atoms with Crippen molar-refractivity contribution in [1.29, 1.82) is 0 Å². The highest BCUT2D eigenvalue weighted by Crippen LogP contribution is 2.20. The third-order valence-corrected chi connectivity index (χ3v) is 3.05. The van der Waals surface area contributed by atoms with Crippen molar-refractivity contribution in [3.8, 4) is 0 Å². The van der Waals surface area contributed by atoms with Gasteiger partial charge in [0, 0.05) is 25.6 Å². The largest absolute Gasteiger partial charge is 0.396 e. The normalized spacial score (nSPS) is 13.8. The average molecular weight is 244 g/mol. The van der Waals surface area contributed by atoms with Crippen molar-refractivity contribution in [2.45, 2.75) is 53.0 Å². The Balaban J connectivity index is 3.90. The molecule has 4 nitrogen and oxygen atoms in total. The zero-order chi connectivity index (χ0) is 13.5. The van der Waals surface area contributed by atoms with E-state index in [0.29, 0.717) is 18.9 Å². The number of nitrogens with two attached hydrogens (primary N) is 1. The molecule has 0 radical (unpaired) electrons. The second kappa shape index (κ2) is 7.67. The maximum Gasteiger partial charge on any atom is 0.221 e. The molecule has 17 heavy (non-hydrogen) atoms. The van der Waals surface area contributed by atoms with E-state index in [1.807, 2.05) is 13.8 Å². The quantitative estimate of drug-likeness (QED) is 0.602. The standard InChI is InChI=1S/C13H28N2O2/c1-10(2)11(14)8-12(17)15-9-13(3,4)6-5-7-16/h10-11,16H,5-9,14H2,1-4H3,(H,15,17). The Labute approximate surface area is 105 Å². The van der Waals surface area contributed by atoms with Gasteiger partial charge < -0.3 is 16.2 Å². The van der Waals surface area contributed by atoms with E-state index in [4.69, 9.17) is 10.8 Å². The van der Waals surface area contributed by atoms with E-state index < -0.39 is 0 Å². The van der Waals surface area contributed by atoms with E-state index >= 15 is 0 Å². The fourth-order valence-electron chi connectivity index (χ4n) is 1.51. The van der Waals surface area contributed by atoms with Crippen molar-refractivity contribution < 1.29 is 9.90 Å². The van der Waals surface area contributed by atoms with Gasteiger partial charge in [-0.25, -0.2) is 0 Å². The smallest absolute Gasteiger partial charge is 0.221 e. The number of carbonyl (C=O) groups excluding carboxylic acids is 1. The molecule has 0 rings (SSSR count). The molecule has 0 spiro atoms. The highest BCUT2D eigenvalue weighted by atomic mass is 16.2. The second-order valence-electron chi connectivity index (χ2n) is 5.88. The molecule has 1 unspecified atom stereocenters. The fraction of sp³-hybridized carbons (Fsp3) is 0.923. The first-order valence-corrected chi connectivity index (χ1v) is 6.41. The lowest BCUT2D eigenvalue weighted by Gasteiger charge is -2.25. The summed E-state index contributed by atoms with van der Waals surface area (Å²) in [6, 6.07) is -0.0736. The van der Waals surface area contributed by atoms with Gasteiger partial charge in [0.25, 0.3) is 0 Å². The minimum Gasteiger partial charge on any atom is -0.396 e. The Morgan fingerprint density at radius 1 is 1.41 bits per heavy atom. The Morgan fingerprint density at radius 3 is 2.47 bits per heavy atom. The number of hydrogen-bond donors (Lipinski definition) is 3. The van der Waals surface area contributed by atoms with Crippen molar-refractivity contribution in [3.05, 3.63) is 0 Å². The van der Waals surface area contributed by atoms with E-state index in [0.717, 1.165) is 12.8 Å². The van der Waals surface area contributed by atoms with Gasteiger partial charge in [-0.05, 0) is 24.2 Å². The summed E-state index contributed by atoms with van der Waals surface area (Å²) in [7, 11) is 0. The average Bonchev–Trinajstić information content (AvgIpc) is 2.24. The van der Waals surface area contributed by atoms with Gasteiger partial charge in [-0.2, -0.15) is 0 Å². The number of carbonyl (C=O) groups is 1. The number of hydrogen-bond acceptors (Lipinski definition) is 3. The molecule has 1 amide bonds. The van der Waals surface area contributed by atoms with Crippen LogP contribution >= 0.6 is 0 Å². The number of nitrogens with one attached hydrogen (secondary N) is 1. The third-order valence-electron chi connectivity index (χ3n) is 3.05. The first kappa shape index (κ1) is 16.4. The first-order chi connectivity index (χ1) is 7.78. The summed E-state index contributed by atoms with van der Waals surface area (Å²) in [6.07, 6.45) is 2.06. The molecule has 4 heteroatoms. The molecule has 1 atom stereocenters. The highest BCUT2D eigenvalue weighted by Gasteiger charge is 2.19. The van der Waals surface area contributed by atoms with E-state index in [9.17, 15) is 4.79 Å². The molecule has 0 saturated carbocycles. The SMILES string of the molecule is CC(C)C(N)CC(=O)NCC(C)(C)CCCO. The molecule has 4 N–H and O–H groups in total. The molecule has 0 aliphatic carbocycles. The zero-order valence-corrected chi connectivity index (χ0v) is 11.6. The van der Waals surface area contributed by atoms with Crippen LogP contribution in [0.15, 0.2) is 0 Å². The second-order valence-corrected chi connectivity index (χ2v) is 5.88. The lowest BCUT2D eigenvalue weighted by molar-refractivity contribution is -0.122. The summed E-state index contributed by atoms with van der Waals surface area (Å²) < 4.78 is 0. The van der Waals surface area contributed by atoms with Crippen LogP contribution in [0.2, 0.25) is 0 Å². The Bertz CT molecular complexity index is 227. The van der Waals surface area contributed by atoms with Crippen LogP contribution in [-0.4, -0.2) is 30.2 Å². The van der Waals surface area contributed by atoms with Crippen LogP contribution in [0.3, 0.4) is 0 Å². The minimum absolute atomic E-state index is 0.0169. The molecular weight excluding hydrogens is 216 g/mol. The molecule has 0 heterocycles. The summed E-state index contributed by atoms with van der Waals surface area (Å²) in [6.45, 7) is 9.05. The molecule has 0 aromatic rings. The fourth-order valence-corrected chi connectivity index (χ4v) is 1.51. The Hall–Kier alpha value is -0.610. The van der Waals surface area contributed by atoms with Gasteiger partial charge in [0.15, 0.2) is 0 Å². The third kappa shape index (κ3) is 8.16. The van der Waals surface area contributed by atoms with Crippen molar-refractivity contribution >= 4 is 5.91 Å². The minimum atomic E-state index is -0.0736. The zero-order valence-electron chi connectivity index (χ0n) is 11.6. The van der Waals surface area contributed by atoms with Crippen LogP contribution in [0.25, 0.3) is 0 Å². The number of amides is 1. The van der Waals surface area contributed by atoms with Crippen LogP contribution in [0.4, 0.5) is 0 Å². The lowest BCUT2D eigenvalue weighted by atomic mass is 9.88. The van der Waals surface area contributed by atoms with Gasteiger partial charge in [-0.1, -0.05) is 27.7 Å². The van der Waals surface area contributed by atoms with E-state index in [2.05, 4.69) is 19.2 Å². The molecule has 0 bridgehead atoms. The van der Waals surface area contributed by atoms with Crippen LogP contribution in [0.1, 0.15) is 47.0 Å². The molecule has 0 saturated heterocycles. The van der Waals surface area contributed by atoms with Gasteiger partial charge in [-0.3, -0.25) is 4.79 Å². The molecule has 102 valence electrons. The lowest BCUT2D eigenvalue weighted by Crippen LogP contribution is -2.38. The van der Waals surface area contributed by atoms with Crippen molar-refractivity contribution in [2.24, 2.45) is 17.1 Å². The van der Waals surface area contributed by atoms with Crippen LogP contribution in [0, 0.1) is 11.3 Å². The van der Waals surface area contributed by atoms with Gasteiger partial charge in [0.05, 0.1) is 0 Å². The molecule has 0 aliphatic rings. The van der Waals surface area contributed by atoms with E-state index in [-0.39, 0.29) is 24.0 Å². The van der Waals surface area contributed by atoms with Gasteiger partial charge in [0.1, 0.15) is 0 Å². The topological polar surface area (TPSA) is 75.4 Å². The summed E-state index contributed by atoms with van der Waals surface area (Å²) in [5.74, 6) is 0.339. The number of rotatable bonds is 8. The summed E-state index contributed by atoms with van der Waals surface area (Å²) in [5.41, 5.74) is 5.87. The van der Waals surface area contributed by atoms with Crippen LogP contribution in [-0.2, 0) is 4.79 Å². The summed E-state index contributed by atoms with van der Waals surface area (Å²) in [5, 5.41) is 11.7.